The number of ether oxygens (including phenoxy) is 1. The van der Waals surface area contributed by atoms with E-state index in [1.165, 1.54) is 6.42 Å². The van der Waals surface area contributed by atoms with Gasteiger partial charge in [0.15, 0.2) is 0 Å². The van der Waals surface area contributed by atoms with Gasteiger partial charge in [0, 0.05) is 13.2 Å². The largest absolute Gasteiger partial charge is 0.380 e. The van der Waals surface area contributed by atoms with E-state index in [0.29, 0.717) is 5.92 Å². The molecule has 0 aromatic carbocycles. The number of hydrogen-bond donors (Lipinski definition) is 1. The smallest absolute Gasteiger partial charge is 0.0593 e. The normalized spacial score (nSPS) is 13.6. The maximum atomic E-state index is 5.54. The van der Waals surface area contributed by atoms with E-state index in [1.54, 1.807) is 0 Å². The lowest BCUT2D eigenvalue weighted by molar-refractivity contribution is 0.120. The topological polar surface area (TPSA) is 38.5 Å². The van der Waals surface area contributed by atoms with Crippen molar-refractivity contribution in [3.8, 4) is 0 Å². The lowest BCUT2D eigenvalue weighted by atomic mass is 10.1. The second kappa shape index (κ2) is 8.48. The third-order valence-electron chi connectivity index (χ3n) is 2.23. The van der Waals surface area contributed by atoms with Crippen LogP contribution in [-0.4, -0.2) is 44.8 Å². The van der Waals surface area contributed by atoms with Gasteiger partial charge in [0.1, 0.15) is 0 Å². The molecule has 13 heavy (non-hydrogen) atoms. The average Bonchev–Trinajstić information content (AvgIpc) is 2.14. The fourth-order valence-electron chi connectivity index (χ4n) is 1.04. The van der Waals surface area contributed by atoms with Crippen LogP contribution in [0.25, 0.3) is 0 Å². The number of rotatable bonds is 8. The van der Waals surface area contributed by atoms with Crippen molar-refractivity contribution in [2.45, 2.75) is 20.3 Å². The molecule has 3 heteroatoms. The maximum absolute atomic E-state index is 5.54. The first kappa shape index (κ1) is 12.9. The third-order valence-corrected chi connectivity index (χ3v) is 2.23. The molecule has 0 spiro atoms. The van der Waals surface area contributed by atoms with E-state index >= 15 is 0 Å². The Morgan fingerprint density at radius 1 is 1.38 bits per heavy atom. The average molecular weight is 188 g/mol. The molecular formula is C10H24N2O. The van der Waals surface area contributed by atoms with Gasteiger partial charge >= 0.3 is 0 Å². The van der Waals surface area contributed by atoms with Gasteiger partial charge in [-0.3, -0.25) is 0 Å². The van der Waals surface area contributed by atoms with Crippen molar-refractivity contribution >= 4 is 0 Å². The molecule has 0 rings (SSSR count). The van der Waals surface area contributed by atoms with E-state index in [-0.39, 0.29) is 0 Å². The zero-order valence-electron chi connectivity index (χ0n) is 9.25. The molecule has 0 bridgehead atoms. The second-order valence-corrected chi connectivity index (χ2v) is 3.63. The lowest BCUT2D eigenvalue weighted by Crippen LogP contribution is -2.26. The Morgan fingerprint density at radius 3 is 2.62 bits per heavy atom. The molecule has 3 nitrogen and oxygen atoms in total. The number of nitrogens with zero attached hydrogens (tertiary/aromatic N) is 1. The number of nitrogens with two attached hydrogens (primary N) is 1. The zero-order valence-corrected chi connectivity index (χ0v) is 9.25. The third kappa shape index (κ3) is 8.22. The summed E-state index contributed by atoms with van der Waals surface area (Å²) in [5.74, 6) is 0.634. The summed E-state index contributed by atoms with van der Waals surface area (Å²) in [4.78, 5) is 2.29. The summed E-state index contributed by atoms with van der Waals surface area (Å²) in [5, 5.41) is 0. The summed E-state index contributed by atoms with van der Waals surface area (Å²) in [7, 11) is 2.13. The monoisotopic (exact) mass is 188 g/mol. The Balaban J connectivity index is 3.24. The van der Waals surface area contributed by atoms with Crippen LogP contribution in [0.2, 0.25) is 0 Å². The summed E-state index contributed by atoms with van der Waals surface area (Å²) in [5.41, 5.74) is 5.54. The Labute approximate surface area is 82.2 Å². The molecule has 0 saturated heterocycles. The molecule has 0 aliphatic carbocycles. The van der Waals surface area contributed by atoms with Gasteiger partial charge in [-0.05, 0) is 39.4 Å². The molecule has 0 aliphatic rings. The van der Waals surface area contributed by atoms with E-state index in [1.807, 2.05) is 6.92 Å². The van der Waals surface area contributed by atoms with Crippen LogP contribution < -0.4 is 5.73 Å². The van der Waals surface area contributed by atoms with Gasteiger partial charge in [0.2, 0.25) is 0 Å². The maximum Gasteiger partial charge on any atom is 0.0593 e. The fraction of sp³-hybridized carbons (Fsp3) is 1.00. The highest BCUT2D eigenvalue weighted by Gasteiger charge is 2.02. The van der Waals surface area contributed by atoms with Crippen molar-refractivity contribution in [3.05, 3.63) is 0 Å². The summed E-state index contributed by atoms with van der Waals surface area (Å²) in [6.45, 7) is 8.79. The van der Waals surface area contributed by atoms with Gasteiger partial charge in [0.05, 0.1) is 6.61 Å². The number of hydrogen-bond acceptors (Lipinski definition) is 3. The first-order chi connectivity index (χ1) is 6.20. The van der Waals surface area contributed by atoms with Gasteiger partial charge in [0.25, 0.3) is 0 Å². The molecule has 0 amide bonds. The zero-order chi connectivity index (χ0) is 10.1. The van der Waals surface area contributed by atoms with E-state index in [2.05, 4.69) is 18.9 Å². The predicted molar refractivity (Wildman–Crippen MR) is 56.8 cm³/mol. The molecule has 1 unspecified atom stereocenters. The van der Waals surface area contributed by atoms with Gasteiger partial charge < -0.3 is 15.4 Å². The van der Waals surface area contributed by atoms with Crippen LogP contribution in [0.5, 0.6) is 0 Å². The van der Waals surface area contributed by atoms with Crippen LogP contribution in [-0.2, 0) is 4.74 Å². The highest BCUT2D eigenvalue weighted by Crippen LogP contribution is 1.99. The molecule has 0 fully saturated rings. The molecule has 0 aliphatic heterocycles. The molecule has 0 heterocycles. The first-order valence-corrected chi connectivity index (χ1v) is 5.17. The Kier molecular flexibility index (Phi) is 8.40. The van der Waals surface area contributed by atoms with Crippen LogP contribution in [0.15, 0.2) is 0 Å². The Hall–Kier alpha value is -0.120. The van der Waals surface area contributed by atoms with Gasteiger partial charge in [-0.25, -0.2) is 0 Å². The van der Waals surface area contributed by atoms with E-state index < -0.39 is 0 Å². The van der Waals surface area contributed by atoms with Crippen molar-refractivity contribution in [2.24, 2.45) is 11.7 Å². The van der Waals surface area contributed by atoms with Crippen molar-refractivity contribution in [1.29, 1.82) is 0 Å². The van der Waals surface area contributed by atoms with E-state index in [0.717, 1.165) is 32.8 Å². The summed E-state index contributed by atoms with van der Waals surface area (Å²) in [6, 6.07) is 0. The summed E-state index contributed by atoms with van der Waals surface area (Å²) in [6.07, 6.45) is 1.18. The van der Waals surface area contributed by atoms with Crippen LogP contribution >= 0.6 is 0 Å². The van der Waals surface area contributed by atoms with Gasteiger partial charge in [-0.15, -0.1) is 0 Å². The minimum atomic E-state index is 0.634. The number of likely N-dealkylation sites (N-methyl/N-ethyl adjacent to an activating group) is 1. The molecule has 0 aromatic rings. The molecule has 2 N–H and O–H groups in total. The molecule has 1 atom stereocenters. The van der Waals surface area contributed by atoms with Crippen molar-refractivity contribution in [1.82, 2.24) is 4.90 Å². The molecule has 0 aromatic heterocycles. The predicted octanol–water partition coefficient (Wildman–Crippen LogP) is 0.940. The second-order valence-electron chi connectivity index (χ2n) is 3.63. The quantitative estimate of drug-likeness (QED) is 0.576. The highest BCUT2D eigenvalue weighted by molar-refractivity contribution is 4.57. The van der Waals surface area contributed by atoms with Crippen molar-refractivity contribution < 1.29 is 4.74 Å². The Morgan fingerprint density at radius 2 is 2.08 bits per heavy atom. The first-order valence-electron chi connectivity index (χ1n) is 5.17. The SMILES string of the molecule is CCOCCN(C)CCC(C)CN. The highest BCUT2D eigenvalue weighted by atomic mass is 16.5. The van der Waals surface area contributed by atoms with Crippen LogP contribution in [0.3, 0.4) is 0 Å². The van der Waals surface area contributed by atoms with Gasteiger partial charge in [-0.2, -0.15) is 0 Å². The summed E-state index contributed by atoms with van der Waals surface area (Å²) >= 11 is 0. The van der Waals surface area contributed by atoms with Crippen LogP contribution in [0, 0.1) is 5.92 Å². The van der Waals surface area contributed by atoms with Crippen LogP contribution in [0.4, 0.5) is 0 Å². The minimum absolute atomic E-state index is 0.634. The Bertz CT molecular complexity index is 109. The minimum Gasteiger partial charge on any atom is -0.380 e. The van der Waals surface area contributed by atoms with E-state index in [9.17, 15) is 0 Å². The fourth-order valence-corrected chi connectivity index (χ4v) is 1.04. The van der Waals surface area contributed by atoms with Crippen LogP contribution in [0.1, 0.15) is 20.3 Å². The standard InChI is InChI=1S/C10H24N2O/c1-4-13-8-7-12(3)6-5-10(2)9-11/h10H,4-9,11H2,1-3H3. The van der Waals surface area contributed by atoms with E-state index in [4.69, 9.17) is 10.5 Å². The lowest BCUT2D eigenvalue weighted by Gasteiger charge is -2.18. The van der Waals surface area contributed by atoms with Crippen molar-refractivity contribution in [3.63, 3.8) is 0 Å². The molecule has 0 radical (unpaired) electrons. The molecule has 80 valence electrons. The van der Waals surface area contributed by atoms with Crippen molar-refractivity contribution in [2.75, 3.05) is 39.9 Å². The summed E-state index contributed by atoms with van der Waals surface area (Å²) < 4.78 is 5.27. The van der Waals surface area contributed by atoms with Gasteiger partial charge in [-0.1, -0.05) is 6.92 Å². The molecule has 0 saturated carbocycles. The molecular weight excluding hydrogens is 164 g/mol.